The number of anilines is 1. The lowest BCUT2D eigenvalue weighted by Crippen LogP contribution is -2.06. The first-order valence-electron chi connectivity index (χ1n) is 5.89. The maximum atomic E-state index is 11.1. The molecule has 0 unspecified atom stereocenters. The summed E-state index contributed by atoms with van der Waals surface area (Å²) < 4.78 is 0.647. The minimum absolute atomic E-state index is 0.126. The zero-order valence-corrected chi connectivity index (χ0v) is 12.5. The van der Waals surface area contributed by atoms with Crippen molar-refractivity contribution in [2.24, 2.45) is 0 Å². The number of hydrogen-bond donors (Lipinski definition) is 2. The number of halogens is 1. The highest BCUT2D eigenvalue weighted by atomic mass is 35.5. The minimum Gasteiger partial charge on any atom is -0.478 e. The first-order valence-corrected chi connectivity index (χ1v) is 7.08. The average Bonchev–Trinajstić information content (AvgIpc) is 2.82. The van der Waals surface area contributed by atoms with Gasteiger partial charge >= 0.3 is 5.97 Å². The van der Waals surface area contributed by atoms with Crippen LogP contribution < -0.4 is 5.32 Å². The summed E-state index contributed by atoms with van der Waals surface area (Å²) in [7, 11) is 0. The molecule has 8 heteroatoms. The van der Waals surface area contributed by atoms with Crippen LogP contribution in [0.2, 0.25) is 4.34 Å². The first kappa shape index (κ1) is 15.3. The summed E-state index contributed by atoms with van der Waals surface area (Å²) in [5.41, 5.74) is 0.472. The second-order valence-electron chi connectivity index (χ2n) is 4.29. The van der Waals surface area contributed by atoms with E-state index in [1.807, 2.05) is 6.07 Å². The van der Waals surface area contributed by atoms with Crippen molar-refractivity contribution in [1.82, 2.24) is 0 Å². The maximum absolute atomic E-state index is 11.1. The predicted molar refractivity (Wildman–Crippen MR) is 81.4 cm³/mol. The summed E-state index contributed by atoms with van der Waals surface area (Å²) >= 11 is 7.22. The first-order chi connectivity index (χ1) is 9.88. The van der Waals surface area contributed by atoms with Gasteiger partial charge in [-0.15, -0.1) is 11.3 Å². The molecule has 1 aromatic heterocycles. The SMILES string of the molecule is Cc1c(NCc2ccc(Cl)s2)cc(C(=O)O)cc1[N+](=O)[O-]. The number of hydrogen-bond acceptors (Lipinski definition) is 5. The number of aromatic carboxylic acids is 1. The Hall–Kier alpha value is -2.12. The van der Waals surface area contributed by atoms with E-state index in [-0.39, 0.29) is 11.3 Å². The van der Waals surface area contributed by atoms with Crippen LogP contribution in [0.25, 0.3) is 0 Å². The van der Waals surface area contributed by atoms with Crippen molar-refractivity contribution in [3.8, 4) is 0 Å². The second-order valence-corrected chi connectivity index (χ2v) is 6.09. The fourth-order valence-electron chi connectivity index (χ4n) is 1.82. The molecule has 2 rings (SSSR count). The second kappa shape index (κ2) is 6.11. The van der Waals surface area contributed by atoms with Gasteiger partial charge in [-0.05, 0) is 25.1 Å². The molecule has 0 radical (unpaired) electrons. The number of carboxylic acid groups (broad SMARTS) is 1. The van der Waals surface area contributed by atoms with Crippen molar-refractivity contribution in [1.29, 1.82) is 0 Å². The lowest BCUT2D eigenvalue weighted by Gasteiger charge is -2.10. The fraction of sp³-hybridized carbons (Fsp3) is 0.154. The summed E-state index contributed by atoms with van der Waals surface area (Å²) in [6.07, 6.45) is 0. The van der Waals surface area contributed by atoms with Crippen LogP contribution in [0, 0.1) is 17.0 Å². The van der Waals surface area contributed by atoms with Crippen LogP contribution in [-0.2, 0) is 6.54 Å². The summed E-state index contributed by atoms with van der Waals surface area (Å²) in [5.74, 6) is -1.21. The van der Waals surface area contributed by atoms with E-state index in [0.29, 0.717) is 22.1 Å². The van der Waals surface area contributed by atoms with Crippen LogP contribution in [0.4, 0.5) is 11.4 Å². The Balaban J connectivity index is 2.32. The van der Waals surface area contributed by atoms with Gasteiger partial charge in [0.15, 0.2) is 0 Å². The molecule has 0 fully saturated rings. The van der Waals surface area contributed by atoms with Gasteiger partial charge in [-0.2, -0.15) is 0 Å². The molecular weight excluding hydrogens is 316 g/mol. The van der Waals surface area contributed by atoms with Crippen molar-refractivity contribution < 1.29 is 14.8 Å². The van der Waals surface area contributed by atoms with Crippen LogP contribution >= 0.6 is 22.9 Å². The Morgan fingerprint density at radius 1 is 1.48 bits per heavy atom. The van der Waals surface area contributed by atoms with Gasteiger partial charge in [-0.3, -0.25) is 10.1 Å². The molecule has 0 bridgehead atoms. The van der Waals surface area contributed by atoms with Crippen molar-refractivity contribution in [3.05, 3.63) is 54.7 Å². The Labute approximate surface area is 129 Å². The van der Waals surface area contributed by atoms with Crippen LogP contribution in [-0.4, -0.2) is 16.0 Å². The van der Waals surface area contributed by atoms with E-state index in [1.165, 1.54) is 17.4 Å². The summed E-state index contributed by atoms with van der Waals surface area (Å²) in [5, 5.41) is 23.0. The number of carboxylic acids is 1. The van der Waals surface area contributed by atoms with Gasteiger partial charge in [0.1, 0.15) is 0 Å². The molecule has 0 atom stereocenters. The fourth-order valence-corrected chi connectivity index (χ4v) is 2.85. The standard InChI is InChI=1S/C13H11ClN2O4S/c1-7-10(15-6-9-2-3-12(14)21-9)4-8(13(17)18)5-11(7)16(19)20/h2-5,15H,6H2,1H3,(H,17,18). The maximum Gasteiger partial charge on any atom is 0.336 e. The summed E-state index contributed by atoms with van der Waals surface area (Å²) in [4.78, 5) is 22.4. The third-order valence-corrected chi connectivity index (χ3v) is 4.14. The molecule has 0 aliphatic rings. The molecule has 2 N–H and O–H groups in total. The Bertz CT molecular complexity index is 714. The highest BCUT2D eigenvalue weighted by Gasteiger charge is 2.19. The number of nitro groups is 1. The summed E-state index contributed by atoms with van der Waals surface area (Å²) in [6.45, 7) is 1.99. The molecule has 0 saturated heterocycles. The molecule has 0 spiro atoms. The minimum atomic E-state index is -1.21. The number of nitro benzene ring substituents is 1. The number of nitrogens with one attached hydrogen (secondary N) is 1. The van der Waals surface area contributed by atoms with E-state index in [9.17, 15) is 14.9 Å². The molecule has 110 valence electrons. The van der Waals surface area contributed by atoms with Crippen LogP contribution in [0.5, 0.6) is 0 Å². The smallest absolute Gasteiger partial charge is 0.336 e. The van der Waals surface area contributed by atoms with Crippen LogP contribution in [0.1, 0.15) is 20.8 Å². The molecular formula is C13H11ClN2O4S. The van der Waals surface area contributed by atoms with Gasteiger partial charge in [-0.1, -0.05) is 11.6 Å². The van der Waals surface area contributed by atoms with E-state index in [2.05, 4.69) is 5.32 Å². The number of nitrogens with zero attached hydrogens (tertiary/aromatic N) is 1. The van der Waals surface area contributed by atoms with Gasteiger partial charge in [0.25, 0.3) is 5.69 Å². The average molecular weight is 327 g/mol. The normalized spacial score (nSPS) is 10.4. The molecule has 0 amide bonds. The number of thiophene rings is 1. The van der Waals surface area contributed by atoms with E-state index >= 15 is 0 Å². The van der Waals surface area contributed by atoms with Crippen molar-refractivity contribution >= 4 is 40.3 Å². The number of carbonyl (C=O) groups is 1. The molecule has 0 aliphatic heterocycles. The van der Waals surface area contributed by atoms with Gasteiger partial charge in [0.2, 0.25) is 0 Å². The van der Waals surface area contributed by atoms with E-state index in [0.717, 1.165) is 10.9 Å². The zero-order chi connectivity index (χ0) is 15.6. The largest absolute Gasteiger partial charge is 0.478 e. The van der Waals surface area contributed by atoms with Crippen molar-refractivity contribution in [2.45, 2.75) is 13.5 Å². The van der Waals surface area contributed by atoms with E-state index in [1.54, 1.807) is 13.0 Å². The molecule has 0 aliphatic carbocycles. The predicted octanol–water partition coefficient (Wildman–Crippen LogP) is 3.93. The van der Waals surface area contributed by atoms with Gasteiger partial charge in [0, 0.05) is 28.7 Å². The molecule has 6 nitrogen and oxygen atoms in total. The van der Waals surface area contributed by atoms with Crippen molar-refractivity contribution in [2.75, 3.05) is 5.32 Å². The highest BCUT2D eigenvalue weighted by molar-refractivity contribution is 7.16. The van der Waals surface area contributed by atoms with Crippen molar-refractivity contribution in [3.63, 3.8) is 0 Å². The van der Waals surface area contributed by atoms with Gasteiger partial charge < -0.3 is 10.4 Å². The molecule has 2 aromatic rings. The van der Waals surface area contributed by atoms with Crippen LogP contribution in [0.3, 0.4) is 0 Å². The molecule has 0 saturated carbocycles. The van der Waals surface area contributed by atoms with Gasteiger partial charge in [0.05, 0.1) is 14.8 Å². The zero-order valence-electron chi connectivity index (χ0n) is 10.9. The molecule has 1 aromatic carbocycles. The molecule has 21 heavy (non-hydrogen) atoms. The highest BCUT2D eigenvalue weighted by Crippen LogP contribution is 2.29. The monoisotopic (exact) mass is 326 g/mol. The van der Waals surface area contributed by atoms with Gasteiger partial charge in [-0.25, -0.2) is 4.79 Å². The quantitative estimate of drug-likeness (QED) is 0.641. The lowest BCUT2D eigenvalue weighted by molar-refractivity contribution is -0.385. The Kier molecular flexibility index (Phi) is 4.44. The Morgan fingerprint density at radius 2 is 2.19 bits per heavy atom. The topological polar surface area (TPSA) is 92.5 Å². The summed E-state index contributed by atoms with van der Waals surface area (Å²) in [6, 6.07) is 6.04. The third-order valence-electron chi connectivity index (χ3n) is 2.91. The number of rotatable bonds is 5. The molecule has 1 heterocycles. The van der Waals surface area contributed by atoms with E-state index in [4.69, 9.17) is 16.7 Å². The van der Waals surface area contributed by atoms with Crippen LogP contribution in [0.15, 0.2) is 24.3 Å². The Morgan fingerprint density at radius 3 is 2.71 bits per heavy atom. The number of benzene rings is 1. The third kappa shape index (κ3) is 3.50. The van der Waals surface area contributed by atoms with E-state index < -0.39 is 10.9 Å². The lowest BCUT2D eigenvalue weighted by atomic mass is 10.1.